The van der Waals surface area contributed by atoms with Gasteiger partial charge in [0.1, 0.15) is 6.61 Å². The lowest BCUT2D eigenvalue weighted by molar-refractivity contribution is -0.125. The fourth-order valence-electron chi connectivity index (χ4n) is 1.74. The van der Waals surface area contributed by atoms with Gasteiger partial charge in [0, 0.05) is 13.1 Å². The van der Waals surface area contributed by atoms with Crippen LogP contribution in [0.5, 0.6) is 17.2 Å². The topological polar surface area (TPSA) is 92.0 Å². The van der Waals surface area contributed by atoms with E-state index in [2.05, 4.69) is 5.32 Å². The van der Waals surface area contributed by atoms with E-state index in [1.807, 2.05) is 0 Å². The third-order valence-corrected chi connectivity index (χ3v) is 2.71. The molecule has 0 aromatic heterocycles. The second-order valence-electron chi connectivity index (χ2n) is 4.15. The first-order valence-corrected chi connectivity index (χ1v) is 6.49. The van der Waals surface area contributed by atoms with E-state index >= 15 is 0 Å². The fourth-order valence-corrected chi connectivity index (χ4v) is 1.74. The van der Waals surface area contributed by atoms with E-state index in [0.29, 0.717) is 36.9 Å². The summed E-state index contributed by atoms with van der Waals surface area (Å²) in [6.45, 7) is 1.07. The molecule has 0 atom stereocenters. The fraction of sp³-hybridized carbons (Fsp3) is 0.500. The lowest BCUT2D eigenvalue weighted by atomic mass is 10.1. The van der Waals surface area contributed by atoms with Gasteiger partial charge in [-0.1, -0.05) is 0 Å². The van der Waals surface area contributed by atoms with E-state index in [-0.39, 0.29) is 12.5 Å². The summed E-state index contributed by atoms with van der Waals surface area (Å²) in [5, 5.41) is 2.74. The van der Waals surface area contributed by atoms with Crippen LogP contribution < -0.4 is 25.3 Å². The van der Waals surface area contributed by atoms with Crippen molar-refractivity contribution in [1.29, 1.82) is 0 Å². The Hall–Kier alpha value is -1.99. The number of nitrogens with two attached hydrogens (primary N) is 1. The molecule has 0 radical (unpaired) electrons. The highest BCUT2D eigenvalue weighted by molar-refractivity contribution is 5.77. The predicted molar refractivity (Wildman–Crippen MR) is 77.8 cm³/mol. The number of hydrogen-bond donors (Lipinski definition) is 2. The molecule has 1 rings (SSSR count). The maximum absolute atomic E-state index is 11.6. The van der Waals surface area contributed by atoms with Crippen LogP contribution in [-0.2, 0) is 16.1 Å². The molecule has 118 valence electrons. The molecular weight excluding hydrogens is 276 g/mol. The molecule has 21 heavy (non-hydrogen) atoms. The summed E-state index contributed by atoms with van der Waals surface area (Å²) in [5.41, 5.74) is 6.10. The third kappa shape index (κ3) is 5.13. The molecule has 1 aromatic carbocycles. The molecule has 0 unspecified atom stereocenters. The summed E-state index contributed by atoms with van der Waals surface area (Å²) < 4.78 is 20.8. The number of carbonyl (C=O) groups is 1. The lowest BCUT2D eigenvalue weighted by Gasteiger charge is -2.14. The van der Waals surface area contributed by atoms with Gasteiger partial charge in [-0.2, -0.15) is 0 Å². The Bertz CT molecular complexity index is 440. The molecule has 0 spiro atoms. The first-order chi connectivity index (χ1) is 10.2. The summed E-state index contributed by atoms with van der Waals surface area (Å²) >= 11 is 0. The smallest absolute Gasteiger partial charge is 0.246 e. The Balaban J connectivity index is 2.69. The van der Waals surface area contributed by atoms with E-state index in [4.69, 9.17) is 24.7 Å². The summed E-state index contributed by atoms with van der Waals surface area (Å²) in [6, 6.07) is 3.56. The van der Waals surface area contributed by atoms with Crippen LogP contribution in [0.15, 0.2) is 12.1 Å². The Morgan fingerprint density at radius 1 is 1.14 bits per heavy atom. The van der Waals surface area contributed by atoms with E-state index in [0.717, 1.165) is 5.56 Å². The Morgan fingerprint density at radius 2 is 1.76 bits per heavy atom. The van der Waals surface area contributed by atoms with Gasteiger partial charge in [0.2, 0.25) is 11.7 Å². The summed E-state index contributed by atoms with van der Waals surface area (Å²) in [7, 11) is 4.62. The van der Waals surface area contributed by atoms with Gasteiger partial charge in [0.25, 0.3) is 0 Å². The monoisotopic (exact) mass is 298 g/mol. The highest BCUT2D eigenvalue weighted by Crippen LogP contribution is 2.38. The number of methoxy groups -OCH3 is 3. The molecule has 0 fully saturated rings. The van der Waals surface area contributed by atoms with Gasteiger partial charge in [-0.3, -0.25) is 4.79 Å². The van der Waals surface area contributed by atoms with Crippen molar-refractivity contribution in [3.63, 3.8) is 0 Å². The molecular formula is C14H22N2O5. The van der Waals surface area contributed by atoms with Gasteiger partial charge >= 0.3 is 0 Å². The molecule has 7 nitrogen and oxygen atoms in total. The van der Waals surface area contributed by atoms with Crippen LogP contribution in [-0.4, -0.2) is 47.0 Å². The normalized spacial score (nSPS) is 10.1. The van der Waals surface area contributed by atoms with Crippen LogP contribution in [0.3, 0.4) is 0 Å². The van der Waals surface area contributed by atoms with E-state index in [1.165, 1.54) is 7.11 Å². The molecule has 0 bridgehead atoms. The van der Waals surface area contributed by atoms with E-state index in [1.54, 1.807) is 26.4 Å². The SMILES string of the molecule is COc1cc(CNC(=O)COCCN)cc(OC)c1OC. The minimum absolute atomic E-state index is 0.0123. The molecule has 1 aromatic rings. The lowest BCUT2D eigenvalue weighted by Crippen LogP contribution is -2.28. The minimum atomic E-state index is -0.211. The number of benzene rings is 1. The van der Waals surface area contributed by atoms with Crippen molar-refractivity contribution in [3.05, 3.63) is 17.7 Å². The first-order valence-electron chi connectivity index (χ1n) is 6.49. The van der Waals surface area contributed by atoms with Crippen molar-refractivity contribution < 1.29 is 23.7 Å². The van der Waals surface area contributed by atoms with Crippen molar-refractivity contribution >= 4 is 5.91 Å². The van der Waals surface area contributed by atoms with E-state index in [9.17, 15) is 4.79 Å². The number of amides is 1. The molecule has 0 saturated carbocycles. The number of hydrogen-bond acceptors (Lipinski definition) is 6. The van der Waals surface area contributed by atoms with Gasteiger partial charge in [-0.15, -0.1) is 0 Å². The minimum Gasteiger partial charge on any atom is -0.493 e. The van der Waals surface area contributed by atoms with Gasteiger partial charge in [0.15, 0.2) is 11.5 Å². The van der Waals surface area contributed by atoms with Crippen molar-refractivity contribution in [2.75, 3.05) is 41.1 Å². The van der Waals surface area contributed by atoms with Crippen molar-refractivity contribution in [2.24, 2.45) is 5.73 Å². The Morgan fingerprint density at radius 3 is 2.24 bits per heavy atom. The third-order valence-electron chi connectivity index (χ3n) is 2.71. The summed E-state index contributed by atoms with van der Waals surface area (Å²) in [4.78, 5) is 11.6. The number of nitrogens with one attached hydrogen (secondary N) is 1. The van der Waals surface area contributed by atoms with Gasteiger partial charge in [-0.05, 0) is 17.7 Å². The summed E-state index contributed by atoms with van der Waals surface area (Å²) in [6.07, 6.45) is 0. The first kappa shape index (κ1) is 17.1. The van der Waals surface area contributed by atoms with Crippen LogP contribution >= 0.6 is 0 Å². The molecule has 3 N–H and O–H groups in total. The average Bonchev–Trinajstić information content (AvgIpc) is 2.51. The van der Waals surface area contributed by atoms with Gasteiger partial charge in [-0.25, -0.2) is 0 Å². The quantitative estimate of drug-likeness (QED) is 0.637. The zero-order valence-electron chi connectivity index (χ0n) is 12.6. The number of carbonyl (C=O) groups excluding carboxylic acids is 1. The predicted octanol–water partition coefficient (Wildman–Crippen LogP) is 0.304. The van der Waals surface area contributed by atoms with Crippen LogP contribution in [0.4, 0.5) is 0 Å². The highest BCUT2D eigenvalue weighted by atomic mass is 16.5. The molecule has 1 amide bonds. The van der Waals surface area contributed by atoms with Crippen molar-refractivity contribution in [2.45, 2.75) is 6.54 Å². The second-order valence-corrected chi connectivity index (χ2v) is 4.15. The van der Waals surface area contributed by atoms with Crippen molar-refractivity contribution in [3.8, 4) is 17.2 Å². The Labute approximate surface area is 124 Å². The largest absolute Gasteiger partial charge is 0.493 e. The zero-order valence-corrected chi connectivity index (χ0v) is 12.6. The molecule has 0 aliphatic rings. The van der Waals surface area contributed by atoms with Crippen LogP contribution in [0.2, 0.25) is 0 Å². The average molecular weight is 298 g/mol. The van der Waals surface area contributed by atoms with Crippen LogP contribution in [0.1, 0.15) is 5.56 Å². The van der Waals surface area contributed by atoms with E-state index < -0.39 is 0 Å². The van der Waals surface area contributed by atoms with Crippen molar-refractivity contribution in [1.82, 2.24) is 5.32 Å². The van der Waals surface area contributed by atoms with Crippen LogP contribution in [0, 0.1) is 0 Å². The maximum atomic E-state index is 11.6. The highest BCUT2D eigenvalue weighted by Gasteiger charge is 2.13. The van der Waals surface area contributed by atoms with Gasteiger partial charge in [0.05, 0.1) is 27.9 Å². The second kappa shape index (κ2) is 9.04. The zero-order chi connectivity index (χ0) is 15.7. The number of ether oxygens (including phenoxy) is 4. The summed E-state index contributed by atoms with van der Waals surface area (Å²) in [5.74, 6) is 1.39. The molecule has 0 aliphatic carbocycles. The molecule has 0 saturated heterocycles. The Kier molecular flexibility index (Phi) is 7.34. The molecule has 7 heteroatoms. The maximum Gasteiger partial charge on any atom is 0.246 e. The van der Waals surface area contributed by atoms with Gasteiger partial charge < -0.3 is 30.0 Å². The molecule has 0 aliphatic heterocycles. The standard InChI is InChI=1S/C14H22N2O5/c1-18-11-6-10(7-12(19-2)14(11)20-3)8-16-13(17)9-21-5-4-15/h6-7H,4-5,8-9,15H2,1-3H3,(H,16,17). The number of rotatable bonds is 9. The molecule has 0 heterocycles. The van der Waals surface area contributed by atoms with Crippen LogP contribution in [0.25, 0.3) is 0 Å².